The molecule has 0 atom stereocenters. The highest BCUT2D eigenvalue weighted by Crippen LogP contribution is 2.29. The van der Waals surface area contributed by atoms with Gasteiger partial charge in [0, 0.05) is 6.04 Å². The Kier molecular flexibility index (Phi) is 3.45. The molecule has 2 aliphatic rings. The van der Waals surface area contributed by atoms with Gasteiger partial charge in [0.1, 0.15) is 12.3 Å². The molecule has 4 rings (SSSR count). The second kappa shape index (κ2) is 5.63. The van der Waals surface area contributed by atoms with Crippen LogP contribution >= 0.6 is 0 Å². The normalized spacial score (nSPS) is 16.4. The summed E-state index contributed by atoms with van der Waals surface area (Å²) in [5, 5.41) is 0. The van der Waals surface area contributed by atoms with E-state index in [1.54, 1.807) is 41.5 Å². The molecule has 3 amide bonds. The Balaban J connectivity index is 1.51. The van der Waals surface area contributed by atoms with Gasteiger partial charge in [0.05, 0.1) is 23.9 Å². The molecule has 2 heterocycles. The van der Waals surface area contributed by atoms with Crippen molar-refractivity contribution >= 4 is 17.7 Å². The van der Waals surface area contributed by atoms with Crippen molar-refractivity contribution in [2.45, 2.75) is 25.4 Å². The lowest BCUT2D eigenvalue weighted by Gasteiger charge is -2.23. The molecule has 1 fully saturated rings. The van der Waals surface area contributed by atoms with E-state index in [0.29, 0.717) is 23.4 Å². The zero-order valence-corrected chi connectivity index (χ0v) is 13.0. The van der Waals surface area contributed by atoms with Crippen molar-refractivity contribution < 1.29 is 18.8 Å². The van der Waals surface area contributed by atoms with Crippen molar-refractivity contribution in [3.05, 3.63) is 59.5 Å². The van der Waals surface area contributed by atoms with Gasteiger partial charge in [0.2, 0.25) is 5.91 Å². The molecular formula is C18H16N2O4. The third kappa shape index (κ3) is 2.50. The maximum absolute atomic E-state index is 12.7. The summed E-state index contributed by atoms with van der Waals surface area (Å²) in [6, 6.07) is 10.4. The lowest BCUT2D eigenvalue weighted by Crippen LogP contribution is -2.43. The van der Waals surface area contributed by atoms with Crippen LogP contribution in [-0.4, -0.2) is 40.1 Å². The third-order valence-corrected chi connectivity index (χ3v) is 4.39. The van der Waals surface area contributed by atoms with E-state index in [1.165, 1.54) is 0 Å². The molecule has 0 spiro atoms. The van der Waals surface area contributed by atoms with Crippen LogP contribution in [0.1, 0.15) is 39.3 Å². The van der Waals surface area contributed by atoms with E-state index in [-0.39, 0.29) is 18.5 Å². The highest BCUT2D eigenvalue weighted by Gasteiger charge is 2.39. The molecule has 6 nitrogen and oxygen atoms in total. The summed E-state index contributed by atoms with van der Waals surface area (Å²) in [6.07, 6.45) is 3.44. The number of carbonyl (C=O) groups excluding carboxylic acids is 3. The zero-order chi connectivity index (χ0) is 16.7. The fourth-order valence-corrected chi connectivity index (χ4v) is 2.99. The predicted molar refractivity (Wildman–Crippen MR) is 84.1 cm³/mol. The van der Waals surface area contributed by atoms with Gasteiger partial charge >= 0.3 is 0 Å². The Morgan fingerprint density at radius 2 is 1.75 bits per heavy atom. The van der Waals surface area contributed by atoms with Gasteiger partial charge in [-0.15, -0.1) is 0 Å². The summed E-state index contributed by atoms with van der Waals surface area (Å²) in [7, 11) is 0. The number of rotatable bonds is 5. The van der Waals surface area contributed by atoms with Crippen molar-refractivity contribution in [3.63, 3.8) is 0 Å². The largest absolute Gasteiger partial charge is 0.467 e. The fraction of sp³-hybridized carbons (Fsp3) is 0.278. The minimum Gasteiger partial charge on any atom is -0.467 e. The van der Waals surface area contributed by atoms with Crippen molar-refractivity contribution in [1.29, 1.82) is 0 Å². The Morgan fingerprint density at radius 1 is 1.08 bits per heavy atom. The molecule has 1 aromatic heterocycles. The van der Waals surface area contributed by atoms with E-state index in [4.69, 9.17) is 4.42 Å². The van der Waals surface area contributed by atoms with Crippen LogP contribution < -0.4 is 0 Å². The molecule has 2 aromatic rings. The first-order valence-electron chi connectivity index (χ1n) is 7.92. The van der Waals surface area contributed by atoms with Crippen molar-refractivity contribution in [2.75, 3.05) is 6.54 Å². The molecule has 0 unspecified atom stereocenters. The van der Waals surface area contributed by atoms with E-state index in [0.717, 1.165) is 17.7 Å². The molecule has 0 radical (unpaired) electrons. The van der Waals surface area contributed by atoms with Crippen LogP contribution in [-0.2, 0) is 11.3 Å². The van der Waals surface area contributed by atoms with E-state index in [9.17, 15) is 14.4 Å². The predicted octanol–water partition coefficient (Wildman–Crippen LogP) is 2.07. The first kappa shape index (κ1) is 14.7. The third-order valence-electron chi connectivity index (χ3n) is 4.39. The van der Waals surface area contributed by atoms with Gasteiger partial charge in [-0.2, -0.15) is 0 Å². The Labute approximate surface area is 138 Å². The van der Waals surface area contributed by atoms with Gasteiger partial charge < -0.3 is 9.32 Å². The monoisotopic (exact) mass is 324 g/mol. The number of nitrogens with zero attached hydrogens (tertiary/aromatic N) is 2. The smallest absolute Gasteiger partial charge is 0.262 e. The summed E-state index contributed by atoms with van der Waals surface area (Å²) in [5.41, 5.74) is 0.721. The number of hydrogen-bond acceptors (Lipinski definition) is 4. The minimum absolute atomic E-state index is 0.165. The maximum atomic E-state index is 12.7. The summed E-state index contributed by atoms with van der Waals surface area (Å²) >= 11 is 0. The van der Waals surface area contributed by atoms with E-state index < -0.39 is 11.8 Å². The zero-order valence-electron chi connectivity index (χ0n) is 13.0. The Hall–Kier alpha value is -2.89. The molecule has 1 aliphatic carbocycles. The van der Waals surface area contributed by atoms with Crippen LogP contribution in [0.25, 0.3) is 0 Å². The number of furan rings is 1. The van der Waals surface area contributed by atoms with E-state index in [2.05, 4.69) is 0 Å². The second-order valence-corrected chi connectivity index (χ2v) is 6.07. The standard InChI is InChI=1S/C18H16N2O4/c21-16(19(12-7-8-12)10-13-4-3-9-24-13)11-20-17(22)14-5-1-2-6-15(14)18(20)23/h1-6,9,12H,7-8,10-11H2. The number of hydrogen-bond donors (Lipinski definition) is 0. The SMILES string of the molecule is O=C1c2ccccc2C(=O)N1CC(=O)N(Cc1ccco1)C1CC1. The van der Waals surface area contributed by atoms with E-state index in [1.807, 2.05) is 6.07 Å². The minimum atomic E-state index is -0.405. The van der Waals surface area contributed by atoms with Gasteiger partial charge in [0.25, 0.3) is 11.8 Å². The topological polar surface area (TPSA) is 70.8 Å². The van der Waals surface area contributed by atoms with Gasteiger partial charge in [-0.1, -0.05) is 12.1 Å². The van der Waals surface area contributed by atoms with Crippen LogP contribution in [0.15, 0.2) is 47.1 Å². The van der Waals surface area contributed by atoms with Crippen LogP contribution in [0, 0.1) is 0 Å². The van der Waals surface area contributed by atoms with E-state index >= 15 is 0 Å². The average molecular weight is 324 g/mol. The summed E-state index contributed by atoms with van der Waals surface area (Å²) in [5.74, 6) is -0.351. The number of amides is 3. The summed E-state index contributed by atoms with van der Waals surface area (Å²) in [4.78, 5) is 40.2. The average Bonchev–Trinajstić information content (AvgIpc) is 3.25. The highest BCUT2D eigenvalue weighted by atomic mass is 16.3. The van der Waals surface area contributed by atoms with Crippen LogP contribution in [0.5, 0.6) is 0 Å². The first-order chi connectivity index (χ1) is 11.6. The second-order valence-electron chi connectivity index (χ2n) is 6.07. The number of imide groups is 1. The molecular weight excluding hydrogens is 308 g/mol. The fourth-order valence-electron chi connectivity index (χ4n) is 2.99. The molecule has 24 heavy (non-hydrogen) atoms. The van der Waals surface area contributed by atoms with Gasteiger partial charge in [-0.05, 0) is 37.1 Å². The molecule has 1 aliphatic heterocycles. The molecule has 0 N–H and O–H groups in total. The molecule has 1 aromatic carbocycles. The number of fused-ring (bicyclic) bond motifs is 1. The lowest BCUT2D eigenvalue weighted by molar-refractivity contribution is -0.133. The summed E-state index contributed by atoms with van der Waals surface area (Å²) in [6.45, 7) is 0.128. The molecule has 1 saturated carbocycles. The van der Waals surface area contributed by atoms with Crippen molar-refractivity contribution in [3.8, 4) is 0 Å². The van der Waals surface area contributed by atoms with Crippen molar-refractivity contribution in [1.82, 2.24) is 9.80 Å². The summed E-state index contributed by atoms with van der Waals surface area (Å²) < 4.78 is 5.31. The highest BCUT2D eigenvalue weighted by molar-refractivity contribution is 6.22. The number of benzene rings is 1. The van der Waals surface area contributed by atoms with Gasteiger partial charge in [0.15, 0.2) is 0 Å². The molecule has 122 valence electrons. The van der Waals surface area contributed by atoms with Gasteiger partial charge in [-0.25, -0.2) is 0 Å². The number of carbonyl (C=O) groups is 3. The Bertz CT molecular complexity index is 773. The Morgan fingerprint density at radius 3 is 2.29 bits per heavy atom. The van der Waals surface area contributed by atoms with Crippen molar-refractivity contribution in [2.24, 2.45) is 0 Å². The van der Waals surface area contributed by atoms with Crippen LogP contribution in [0.3, 0.4) is 0 Å². The first-order valence-corrected chi connectivity index (χ1v) is 7.92. The molecule has 0 bridgehead atoms. The van der Waals surface area contributed by atoms with Crippen LogP contribution in [0.2, 0.25) is 0 Å². The molecule has 6 heteroatoms. The molecule has 0 saturated heterocycles. The maximum Gasteiger partial charge on any atom is 0.262 e. The van der Waals surface area contributed by atoms with Gasteiger partial charge in [-0.3, -0.25) is 19.3 Å². The quantitative estimate of drug-likeness (QED) is 0.789. The lowest BCUT2D eigenvalue weighted by atomic mass is 10.1. The van der Waals surface area contributed by atoms with Crippen LogP contribution in [0.4, 0.5) is 0 Å².